The Labute approximate surface area is 104 Å². The molecule has 0 aliphatic heterocycles. The molecule has 6 nitrogen and oxygen atoms in total. The van der Waals surface area contributed by atoms with Crippen LogP contribution in [0, 0.1) is 0 Å². The van der Waals surface area contributed by atoms with Crippen molar-refractivity contribution in [2.75, 3.05) is 0 Å². The maximum absolute atomic E-state index is 10.9. The van der Waals surface area contributed by atoms with Crippen LogP contribution < -0.4 is 15.9 Å². The summed E-state index contributed by atoms with van der Waals surface area (Å²) in [7, 11) is 0. The molecular formula is C10H12N4O2S. The van der Waals surface area contributed by atoms with E-state index in [1.54, 1.807) is 25.3 Å². The van der Waals surface area contributed by atoms with E-state index in [1.807, 2.05) is 0 Å². The normalized spacial score (nSPS) is 10.8. The molecule has 1 aromatic heterocycles. The van der Waals surface area contributed by atoms with E-state index in [2.05, 4.69) is 27.7 Å². The number of thiocarbonyl (C=S) groups is 1. The first-order chi connectivity index (χ1) is 8.00. The molecule has 90 valence electrons. The minimum atomic E-state index is -0.422. The van der Waals surface area contributed by atoms with E-state index in [0.29, 0.717) is 17.2 Å². The molecule has 1 rings (SSSR count). The number of hydrogen-bond acceptors (Lipinski definition) is 5. The summed E-state index contributed by atoms with van der Waals surface area (Å²) in [6, 6.07) is 3.29. The maximum Gasteiger partial charge on any atom is 0.308 e. The van der Waals surface area contributed by atoms with Gasteiger partial charge in [-0.25, -0.2) is 0 Å². The van der Waals surface area contributed by atoms with Gasteiger partial charge in [0.05, 0.1) is 5.71 Å². The number of pyridine rings is 1. The van der Waals surface area contributed by atoms with Crippen LogP contribution in [0.25, 0.3) is 0 Å². The number of nitrogens with two attached hydrogens (primary N) is 1. The van der Waals surface area contributed by atoms with Crippen LogP contribution in [0.5, 0.6) is 5.75 Å². The molecule has 0 amide bonds. The van der Waals surface area contributed by atoms with E-state index in [9.17, 15) is 4.79 Å². The number of hydrazone groups is 1. The quantitative estimate of drug-likeness (QED) is 0.354. The van der Waals surface area contributed by atoms with Crippen molar-refractivity contribution >= 4 is 29.0 Å². The van der Waals surface area contributed by atoms with Crippen molar-refractivity contribution in [1.82, 2.24) is 10.4 Å². The number of hydrogen-bond donors (Lipinski definition) is 2. The van der Waals surface area contributed by atoms with Gasteiger partial charge in [-0.3, -0.25) is 15.2 Å². The van der Waals surface area contributed by atoms with E-state index < -0.39 is 5.97 Å². The molecule has 0 saturated heterocycles. The van der Waals surface area contributed by atoms with Gasteiger partial charge in [-0.05, 0) is 31.3 Å². The average molecular weight is 252 g/mol. The minimum Gasteiger partial charge on any atom is -0.424 e. The summed E-state index contributed by atoms with van der Waals surface area (Å²) in [4.78, 5) is 15.0. The largest absolute Gasteiger partial charge is 0.424 e. The maximum atomic E-state index is 10.9. The summed E-state index contributed by atoms with van der Waals surface area (Å²) in [5, 5.41) is 3.96. The van der Waals surface area contributed by atoms with Gasteiger partial charge in [-0.1, -0.05) is 0 Å². The number of carbonyl (C=O) groups is 1. The molecule has 7 heteroatoms. The van der Waals surface area contributed by atoms with E-state index in [0.717, 1.165) is 0 Å². The molecule has 0 aliphatic carbocycles. The van der Waals surface area contributed by atoms with Gasteiger partial charge in [-0.2, -0.15) is 5.10 Å². The molecule has 0 spiro atoms. The van der Waals surface area contributed by atoms with Gasteiger partial charge < -0.3 is 10.5 Å². The van der Waals surface area contributed by atoms with Crippen molar-refractivity contribution in [3.8, 4) is 5.75 Å². The number of aromatic nitrogens is 1. The van der Waals surface area contributed by atoms with Crippen molar-refractivity contribution in [2.45, 2.75) is 13.8 Å². The Morgan fingerprint density at radius 2 is 2.29 bits per heavy atom. The van der Waals surface area contributed by atoms with Crippen molar-refractivity contribution in [3.63, 3.8) is 0 Å². The summed E-state index contributed by atoms with van der Waals surface area (Å²) in [5.74, 6) is -0.0830. The molecule has 17 heavy (non-hydrogen) atoms. The number of nitrogens with zero attached hydrogens (tertiary/aromatic N) is 2. The molecule has 0 fully saturated rings. The first-order valence-corrected chi connectivity index (χ1v) is 5.15. The van der Waals surface area contributed by atoms with Crippen LogP contribution in [0.2, 0.25) is 0 Å². The van der Waals surface area contributed by atoms with Crippen LogP contribution in [0.3, 0.4) is 0 Å². The fourth-order valence-corrected chi connectivity index (χ4v) is 1.14. The molecule has 0 radical (unpaired) electrons. The van der Waals surface area contributed by atoms with Gasteiger partial charge in [0.25, 0.3) is 0 Å². The third kappa shape index (κ3) is 4.15. The highest BCUT2D eigenvalue weighted by Gasteiger charge is 2.09. The van der Waals surface area contributed by atoms with E-state index in [-0.39, 0.29) is 5.11 Å². The molecule has 0 unspecified atom stereocenters. The predicted molar refractivity (Wildman–Crippen MR) is 67.7 cm³/mol. The number of carbonyl (C=O) groups excluding carboxylic acids is 1. The van der Waals surface area contributed by atoms with E-state index >= 15 is 0 Å². The summed E-state index contributed by atoms with van der Waals surface area (Å²) in [6.07, 6.45) is 1.57. The standard InChI is InChI=1S/C10H12N4O2S/c1-6(13-14-10(11)17)9-8(16-7(2)15)4-3-5-12-9/h3-5H,1-2H3,(H3,11,14,17)/b13-6+. The molecule has 1 heterocycles. The summed E-state index contributed by atoms with van der Waals surface area (Å²) < 4.78 is 5.00. The topological polar surface area (TPSA) is 89.6 Å². The second-order valence-corrected chi connectivity index (χ2v) is 3.56. The highest BCUT2D eigenvalue weighted by molar-refractivity contribution is 7.80. The smallest absolute Gasteiger partial charge is 0.308 e. The van der Waals surface area contributed by atoms with Crippen LogP contribution in [0.1, 0.15) is 19.5 Å². The summed E-state index contributed by atoms with van der Waals surface area (Å²) in [5.41, 5.74) is 8.65. The highest BCUT2D eigenvalue weighted by Crippen LogP contribution is 2.16. The Hall–Kier alpha value is -2.02. The number of esters is 1. The van der Waals surface area contributed by atoms with Gasteiger partial charge in [0.15, 0.2) is 10.9 Å². The Bertz CT molecular complexity index is 473. The fourth-order valence-electron chi connectivity index (χ4n) is 1.09. The second kappa shape index (κ2) is 5.90. The van der Waals surface area contributed by atoms with Crippen LogP contribution in [0.15, 0.2) is 23.4 Å². The zero-order valence-corrected chi connectivity index (χ0v) is 10.2. The number of ether oxygens (including phenoxy) is 1. The lowest BCUT2D eigenvalue weighted by Gasteiger charge is -2.07. The first-order valence-electron chi connectivity index (χ1n) is 4.74. The SMILES string of the molecule is CC(=O)Oc1cccnc1/C(C)=N/NC(N)=S. The monoisotopic (exact) mass is 252 g/mol. The number of rotatable bonds is 3. The van der Waals surface area contributed by atoms with Crippen LogP contribution >= 0.6 is 12.2 Å². The van der Waals surface area contributed by atoms with Crippen LogP contribution in [-0.2, 0) is 4.79 Å². The van der Waals surface area contributed by atoms with Gasteiger partial charge in [0, 0.05) is 13.1 Å². The Kier molecular flexibility index (Phi) is 4.53. The first kappa shape index (κ1) is 13.0. The lowest BCUT2D eigenvalue weighted by Crippen LogP contribution is -2.25. The number of nitrogens with one attached hydrogen (secondary N) is 1. The minimum absolute atomic E-state index is 0.0503. The molecular weight excluding hydrogens is 240 g/mol. The average Bonchev–Trinajstić information content (AvgIpc) is 2.25. The van der Waals surface area contributed by atoms with Gasteiger partial charge in [-0.15, -0.1) is 0 Å². The van der Waals surface area contributed by atoms with Gasteiger partial charge in [0.2, 0.25) is 0 Å². The highest BCUT2D eigenvalue weighted by atomic mass is 32.1. The molecule has 0 aliphatic rings. The van der Waals surface area contributed by atoms with Crippen molar-refractivity contribution < 1.29 is 9.53 Å². The Morgan fingerprint density at radius 3 is 2.88 bits per heavy atom. The zero-order valence-electron chi connectivity index (χ0n) is 9.43. The van der Waals surface area contributed by atoms with Crippen molar-refractivity contribution in [1.29, 1.82) is 0 Å². The van der Waals surface area contributed by atoms with Crippen LogP contribution in [0.4, 0.5) is 0 Å². The van der Waals surface area contributed by atoms with Crippen LogP contribution in [-0.4, -0.2) is 21.8 Å². The van der Waals surface area contributed by atoms with E-state index in [4.69, 9.17) is 10.5 Å². The third-order valence-electron chi connectivity index (χ3n) is 1.70. The van der Waals surface area contributed by atoms with Crippen molar-refractivity contribution in [2.24, 2.45) is 10.8 Å². The molecule has 0 bridgehead atoms. The van der Waals surface area contributed by atoms with Gasteiger partial charge in [0.1, 0.15) is 5.69 Å². The third-order valence-corrected chi connectivity index (χ3v) is 1.79. The zero-order chi connectivity index (χ0) is 12.8. The fraction of sp³-hybridized carbons (Fsp3) is 0.200. The second-order valence-electron chi connectivity index (χ2n) is 3.12. The summed E-state index contributed by atoms with van der Waals surface area (Å²) in [6.45, 7) is 3.01. The Morgan fingerprint density at radius 1 is 1.59 bits per heavy atom. The van der Waals surface area contributed by atoms with E-state index in [1.165, 1.54) is 6.92 Å². The molecule has 3 N–H and O–H groups in total. The Balaban J connectivity index is 2.99. The lowest BCUT2D eigenvalue weighted by atomic mass is 10.2. The molecule has 0 saturated carbocycles. The van der Waals surface area contributed by atoms with Crippen molar-refractivity contribution in [3.05, 3.63) is 24.0 Å². The van der Waals surface area contributed by atoms with Gasteiger partial charge >= 0.3 is 5.97 Å². The predicted octanol–water partition coefficient (Wildman–Crippen LogP) is 0.564. The molecule has 0 atom stereocenters. The molecule has 1 aromatic rings. The lowest BCUT2D eigenvalue weighted by molar-refractivity contribution is -0.131. The summed E-state index contributed by atoms with van der Waals surface area (Å²) >= 11 is 4.62. The molecule has 0 aromatic carbocycles.